The van der Waals surface area contributed by atoms with Crippen LogP contribution in [0, 0.1) is 0 Å². The molecule has 2 aliphatic heterocycles. The zero-order chi connectivity index (χ0) is 12.2. The molecule has 3 rings (SSSR count). The van der Waals surface area contributed by atoms with Gasteiger partial charge in [-0.15, -0.1) is 0 Å². The van der Waals surface area contributed by atoms with E-state index in [0.717, 1.165) is 18.9 Å². The molecular weight excluding hydrogens is 224 g/mol. The van der Waals surface area contributed by atoms with E-state index in [1.54, 1.807) is 0 Å². The lowest BCUT2D eigenvalue weighted by molar-refractivity contribution is 0.0624. The predicted octanol–water partition coefficient (Wildman–Crippen LogP) is 1.89. The van der Waals surface area contributed by atoms with Crippen molar-refractivity contribution < 1.29 is 4.74 Å². The normalized spacial score (nSPS) is 28.7. The van der Waals surface area contributed by atoms with E-state index in [0.29, 0.717) is 12.1 Å². The van der Waals surface area contributed by atoms with Crippen LogP contribution in [-0.4, -0.2) is 43.2 Å². The molecule has 2 heterocycles. The molecule has 2 fully saturated rings. The van der Waals surface area contributed by atoms with E-state index in [4.69, 9.17) is 4.74 Å². The molecule has 1 aromatic rings. The number of fused-ring (bicyclic) bond motifs is 1. The van der Waals surface area contributed by atoms with E-state index in [-0.39, 0.29) is 0 Å². The smallest absolute Gasteiger partial charge is 0.119 e. The van der Waals surface area contributed by atoms with Crippen molar-refractivity contribution in [2.45, 2.75) is 31.3 Å². The Morgan fingerprint density at radius 3 is 2.94 bits per heavy atom. The Labute approximate surface area is 109 Å². The SMILES string of the molecule is c1ccc(OCC2NCCN3CCCCC23)cc1. The van der Waals surface area contributed by atoms with Gasteiger partial charge in [0.1, 0.15) is 12.4 Å². The predicted molar refractivity (Wildman–Crippen MR) is 72.9 cm³/mol. The number of benzene rings is 1. The minimum absolute atomic E-state index is 0.485. The molecule has 18 heavy (non-hydrogen) atoms. The molecule has 2 atom stereocenters. The van der Waals surface area contributed by atoms with Crippen molar-refractivity contribution in [1.29, 1.82) is 0 Å². The summed E-state index contributed by atoms with van der Waals surface area (Å²) in [6.07, 6.45) is 4.04. The van der Waals surface area contributed by atoms with Crippen molar-refractivity contribution in [2.75, 3.05) is 26.2 Å². The number of nitrogens with one attached hydrogen (secondary N) is 1. The van der Waals surface area contributed by atoms with Crippen molar-refractivity contribution in [3.63, 3.8) is 0 Å². The molecule has 0 bridgehead atoms. The Bertz CT molecular complexity index is 366. The maximum Gasteiger partial charge on any atom is 0.119 e. The van der Waals surface area contributed by atoms with Gasteiger partial charge in [-0.25, -0.2) is 0 Å². The number of nitrogens with zero attached hydrogens (tertiary/aromatic N) is 1. The summed E-state index contributed by atoms with van der Waals surface area (Å²) < 4.78 is 5.91. The van der Waals surface area contributed by atoms with Crippen LogP contribution in [0.3, 0.4) is 0 Å². The van der Waals surface area contributed by atoms with E-state index in [1.807, 2.05) is 30.3 Å². The molecule has 0 radical (unpaired) electrons. The van der Waals surface area contributed by atoms with Crippen LogP contribution in [0.2, 0.25) is 0 Å². The summed E-state index contributed by atoms with van der Waals surface area (Å²) >= 11 is 0. The van der Waals surface area contributed by atoms with Crippen molar-refractivity contribution >= 4 is 0 Å². The average molecular weight is 246 g/mol. The third-order valence-corrected chi connectivity index (χ3v) is 4.11. The Morgan fingerprint density at radius 1 is 1.17 bits per heavy atom. The number of rotatable bonds is 3. The van der Waals surface area contributed by atoms with Gasteiger partial charge in [0.25, 0.3) is 0 Å². The first kappa shape index (κ1) is 12.0. The van der Waals surface area contributed by atoms with Crippen LogP contribution in [0.25, 0.3) is 0 Å². The molecule has 3 nitrogen and oxygen atoms in total. The molecule has 3 heteroatoms. The summed E-state index contributed by atoms with van der Waals surface area (Å²) in [6, 6.07) is 11.3. The quantitative estimate of drug-likeness (QED) is 0.881. The summed E-state index contributed by atoms with van der Waals surface area (Å²) in [5.74, 6) is 0.979. The molecule has 0 aromatic heterocycles. The molecule has 1 N–H and O–H groups in total. The van der Waals surface area contributed by atoms with Gasteiger partial charge in [0, 0.05) is 19.1 Å². The van der Waals surface area contributed by atoms with E-state index in [1.165, 1.54) is 32.4 Å². The van der Waals surface area contributed by atoms with Gasteiger partial charge in [-0.3, -0.25) is 4.90 Å². The van der Waals surface area contributed by atoms with Gasteiger partial charge in [0.2, 0.25) is 0 Å². The van der Waals surface area contributed by atoms with Gasteiger partial charge in [-0.1, -0.05) is 24.6 Å². The Morgan fingerprint density at radius 2 is 2.06 bits per heavy atom. The first-order chi connectivity index (χ1) is 8.93. The van der Waals surface area contributed by atoms with Crippen LogP contribution >= 0.6 is 0 Å². The van der Waals surface area contributed by atoms with Crippen LogP contribution < -0.4 is 10.1 Å². The Balaban J connectivity index is 1.58. The molecule has 0 saturated carbocycles. The highest BCUT2D eigenvalue weighted by Crippen LogP contribution is 2.22. The van der Waals surface area contributed by atoms with Gasteiger partial charge < -0.3 is 10.1 Å². The summed E-state index contributed by atoms with van der Waals surface area (Å²) in [6.45, 7) is 4.35. The van der Waals surface area contributed by atoms with Gasteiger partial charge in [0.15, 0.2) is 0 Å². The third-order valence-electron chi connectivity index (χ3n) is 4.11. The highest BCUT2D eigenvalue weighted by molar-refractivity contribution is 5.21. The summed E-state index contributed by atoms with van der Waals surface area (Å²) in [4.78, 5) is 2.64. The van der Waals surface area contributed by atoms with E-state index in [2.05, 4.69) is 10.2 Å². The van der Waals surface area contributed by atoms with Crippen LogP contribution in [-0.2, 0) is 0 Å². The lowest BCUT2D eigenvalue weighted by Gasteiger charge is -2.44. The van der Waals surface area contributed by atoms with Gasteiger partial charge in [-0.05, 0) is 31.5 Å². The van der Waals surface area contributed by atoms with Gasteiger partial charge >= 0.3 is 0 Å². The summed E-state index contributed by atoms with van der Waals surface area (Å²) in [7, 11) is 0. The van der Waals surface area contributed by atoms with Crippen LogP contribution in [0.4, 0.5) is 0 Å². The molecule has 2 saturated heterocycles. The van der Waals surface area contributed by atoms with E-state index in [9.17, 15) is 0 Å². The van der Waals surface area contributed by atoms with Crippen molar-refractivity contribution in [1.82, 2.24) is 10.2 Å². The highest BCUT2D eigenvalue weighted by atomic mass is 16.5. The minimum atomic E-state index is 0.485. The molecular formula is C15H22N2O. The second-order valence-electron chi connectivity index (χ2n) is 5.28. The van der Waals surface area contributed by atoms with Crippen LogP contribution in [0.1, 0.15) is 19.3 Å². The molecule has 0 aliphatic carbocycles. The molecule has 1 aromatic carbocycles. The van der Waals surface area contributed by atoms with Crippen molar-refractivity contribution in [3.05, 3.63) is 30.3 Å². The Kier molecular flexibility index (Phi) is 3.81. The zero-order valence-corrected chi connectivity index (χ0v) is 10.8. The zero-order valence-electron chi connectivity index (χ0n) is 10.8. The number of piperidine rings is 1. The van der Waals surface area contributed by atoms with Crippen molar-refractivity contribution in [3.8, 4) is 5.75 Å². The minimum Gasteiger partial charge on any atom is -0.492 e. The fourth-order valence-electron chi connectivity index (χ4n) is 3.15. The lowest BCUT2D eigenvalue weighted by Crippen LogP contribution is -2.61. The van der Waals surface area contributed by atoms with E-state index < -0.39 is 0 Å². The third kappa shape index (κ3) is 2.68. The van der Waals surface area contributed by atoms with E-state index >= 15 is 0 Å². The van der Waals surface area contributed by atoms with Crippen molar-refractivity contribution in [2.24, 2.45) is 0 Å². The monoisotopic (exact) mass is 246 g/mol. The fourth-order valence-corrected chi connectivity index (χ4v) is 3.15. The van der Waals surface area contributed by atoms with Gasteiger partial charge in [-0.2, -0.15) is 0 Å². The Hall–Kier alpha value is -1.06. The first-order valence-corrected chi connectivity index (χ1v) is 7.09. The number of hydrogen-bond acceptors (Lipinski definition) is 3. The summed E-state index contributed by atoms with van der Waals surface area (Å²) in [5.41, 5.74) is 0. The average Bonchev–Trinajstić information content (AvgIpc) is 2.46. The van der Waals surface area contributed by atoms with Gasteiger partial charge in [0.05, 0.1) is 6.04 Å². The highest BCUT2D eigenvalue weighted by Gasteiger charge is 2.32. The van der Waals surface area contributed by atoms with Crippen LogP contribution in [0.15, 0.2) is 30.3 Å². The molecule has 2 unspecified atom stereocenters. The molecule has 0 spiro atoms. The number of hydrogen-bond donors (Lipinski definition) is 1. The maximum absolute atomic E-state index is 5.91. The molecule has 2 aliphatic rings. The lowest BCUT2D eigenvalue weighted by atomic mass is 9.94. The second-order valence-corrected chi connectivity index (χ2v) is 5.28. The standard InChI is InChI=1S/C15H22N2O/c1-2-6-13(7-3-1)18-12-14-15-8-4-5-10-17(15)11-9-16-14/h1-3,6-7,14-16H,4-5,8-12H2. The first-order valence-electron chi connectivity index (χ1n) is 7.09. The fraction of sp³-hybridized carbons (Fsp3) is 0.600. The number of piperazine rings is 1. The topological polar surface area (TPSA) is 24.5 Å². The summed E-state index contributed by atoms with van der Waals surface area (Å²) in [5, 5.41) is 3.62. The molecule has 98 valence electrons. The maximum atomic E-state index is 5.91. The second kappa shape index (κ2) is 5.72. The molecule has 0 amide bonds. The largest absolute Gasteiger partial charge is 0.492 e. The number of para-hydroxylation sites is 1. The number of ether oxygens (including phenoxy) is 1. The van der Waals surface area contributed by atoms with Crippen LogP contribution in [0.5, 0.6) is 5.75 Å².